The molecule has 0 radical (unpaired) electrons. The first-order valence-electron chi connectivity index (χ1n) is 17.0. The molecule has 0 saturated carbocycles. The Labute approximate surface area is 276 Å². The van der Waals surface area contributed by atoms with Crippen molar-refractivity contribution >= 4 is 33.4 Å². The molecule has 0 spiro atoms. The van der Waals surface area contributed by atoms with Gasteiger partial charge in [0, 0.05) is 11.3 Å². The molecule has 0 fully saturated rings. The van der Waals surface area contributed by atoms with Crippen molar-refractivity contribution in [1.29, 1.82) is 0 Å². The minimum absolute atomic E-state index is 0.325. The van der Waals surface area contributed by atoms with Gasteiger partial charge in [0.1, 0.15) is 5.54 Å². The van der Waals surface area contributed by atoms with Gasteiger partial charge in [-0.05, 0) is 73.4 Å². The molecule has 0 aromatic heterocycles. The third-order valence-corrected chi connectivity index (χ3v) is 9.75. The fraction of sp³-hybridized carbons (Fsp3) is 0.295. The van der Waals surface area contributed by atoms with E-state index in [2.05, 4.69) is 164 Å². The van der Waals surface area contributed by atoms with Crippen molar-refractivity contribution in [1.82, 2.24) is 0 Å². The summed E-state index contributed by atoms with van der Waals surface area (Å²) in [5.74, 6) is 1.31. The van der Waals surface area contributed by atoms with Crippen LogP contribution in [0.15, 0.2) is 115 Å². The molecule has 1 aliphatic rings. The third-order valence-electron chi connectivity index (χ3n) is 9.75. The van der Waals surface area contributed by atoms with E-state index in [0.29, 0.717) is 23.7 Å². The molecule has 6 rings (SSSR count). The van der Waals surface area contributed by atoms with Crippen molar-refractivity contribution in [2.75, 3.05) is 5.32 Å². The van der Waals surface area contributed by atoms with E-state index >= 15 is 0 Å². The maximum atomic E-state index is 5.88. The van der Waals surface area contributed by atoms with Gasteiger partial charge < -0.3 is 5.32 Å². The van der Waals surface area contributed by atoms with Gasteiger partial charge in [0.15, 0.2) is 0 Å². The van der Waals surface area contributed by atoms with Gasteiger partial charge in [-0.2, -0.15) is 0 Å². The van der Waals surface area contributed by atoms with E-state index in [1.165, 1.54) is 49.8 Å². The van der Waals surface area contributed by atoms with E-state index < -0.39 is 5.54 Å². The molecule has 234 valence electrons. The molecule has 2 heteroatoms. The molecule has 0 bridgehead atoms. The zero-order valence-corrected chi connectivity index (χ0v) is 28.8. The summed E-state index contributed by atoms with van der Waals surface area (Å²) in [5, 5.41) is 6.76. The lowest BCUT2D eigenvalue weighted by atomic mass is 9.77. The minimum Gasteiger partial charge on any atom is -0.366 e. The average molecular weight is 605 g/mol. The van der Waals surface area contributed by atoms with Crippen LogP contribution in [0.1, 0.15) is 118 Å². The van der Waals surface area contributed by atoms with E-state index in [1.807, 2.05) is 0 Å². The van der Waals surface area contributed by atoms with Gasteiger partial charge in [-0.1, -0.05) is 165 Å². The second-order valence-electron chi connectivity index (χ2n) is 14.1. The Balaban J connectivity index is 1.79. The van der Waals surface area contributed by atoms with Crippen molar-refractivity contribution < 1.29 is 0 Å². The molecule has 1 unspecified atom stereocenters. The molecule has 1 aliphatic carbocycles. The summed E-state index contributed by atoms with van der Waals surface area (Å²) in [5.41, 5.74) is 12.1. The average Bonchev–Trinajstić information content (AvgIpc) is 3.31. The number of benzene rings is 5. The zero-order valence-electron chi connectivity index (χ0n) is 28.8. The Morgan fingerprint density at radius 3 is 1.63 bits per heavy atom. The molecule has 0 saturated heterocycles. The third kappa shape index (κ3) is 5.18. The molecule has 1 atom stereocenters. The second-order valence-corrected chi connectivity index (χ2v) is 14.1. The molecule has 0 heterocycles. The fourth-order valence-electron chi connectivity index (χ4n) is 7.32. The van der Waals surface area contributed by atoms with Gasteiger partial charge in [0.2, 0.25) is 0 Å². The summed E-state index contributed by atoms with van der Waals surface area (Å²) in [7, 11) is 0. The predicted octanol–water partition coefficient (Wildman–Crippen LogP) is 12.5. The second kappa shape index (κ2) is 12.4. The Kier molecular flexibility index (Phi) is 8.51. The Bertz CT molecular complexity index is 1880. The van der Waals surface area contributed by atoms with E-state index in [9.17, 15) is 0 Å². The van der Waals surface area contributed by atoms with Gasteiger partial charge in [-0.15, -0.1) is 0 Å². The van der Waals surface area contributed by atoms with Crippen LogP contribution in [0, 0.1) is 0 Å². The van der Waals surface area contributed by atoms with E-state index in [0.717, 1.165) is 22.5 Å². The molecule has 0 amide bonds. The first-order chi connectivity index (χ1) is 22.1. The smallest absolute Gasteiger partial charge is 0.132 e. The number of hydrogen-bond acceptors (Lipinski definition) is 2. The summed E-state index contributed by atoms with van der Waals surface area (Å²) in [6.45, 7) is 23.2. The van der Waals surface area contributed by atoms with Crippen LogP contribution in [-0.2, 0) is 5.54 Å². The highest BCUT2D eigenvalue weighted by molar-refractivity contribution is 6.29. The predicted molar refractivity (Wildman–Crippen MR) is 200 cm³/mol. The highest BCUT2D eigenvalue weighted by Crippen LogP contribution is 2.52. The number of nitrogens with zero attached hydrogens (tertiary/aromatic N) is 1. The molecule has 1 N–H and O–H groups in total. The van der Waals surface area contributed by atoms with Crippen LogP contribution >= 0.6 is 0 Å². The highest BCUT2D eigenvalue weighted by atomic mass is 15.0. The quantitative estimate of drug-likeness (QED) is 0.178. The molecule has 46 heavy (non-hydrogen) atoms. The Hall–Kier alpha value is -4.43. The minimum atomic E-state index is -0.822. The number of para-hydroxylation sites is 2. The van der Waals surface area contributed by atoms with Crippen LogP contribution in [-0.4, -0.2) is 5.71 Å². The number of rotatable bonds is 9. The van der Waals surface area contributed by atoms with E-state index in [-0.39, 0.29) is 0 Å². The number of anilines is 1. The summed E-state index contributed by atoms with van der Waals surface area (Å²) >= 11 is 0. The highest BCUT2D eigenvalue weighted by Gasteiger charge is 2.49. The topological polar surface area (TPSA) is 24.4 Å². The summed E-state index contributed by atoms with van der Waals surface area (Å²) in [6, 6.07) is 37.5. The first-order valence-corrected chi connectivity index (χ1v) is 17.0. The van der Waals surface area contributed by atoms with Crippen molar-refractivity contribution in [3.05, 3.63) is 149 Å². The lowest BCUT2D eigenvalue weighted by Gasteiger charge is -2.39. The van der Waals surface area contributed by atoms with Crippen LogP contribution in [0.3, 0.4) is 0 Å². The van der Waals surface area contributed by atoms with Crippen LogP contribution < -0.4 is 5.32 Å². The standard InChI is InChI=1S/C44H48N2/c1-27(2)34-21-15-22-35(28(3)4)41(34)45-43-38-25-13-19-33-20-14-26-39(40(33)38)44(43,31(9)32-17-11-10-12-18-32)46-42-36(29(5)6)23-16-24-37(42)30(7)8/h10-30,46H,9H2,1-8H3. The zero-order chi connectivity index (χ0) is 32.7. The van der Waals surface area contributed by atoms with Gasteiger partial charge in [-0.3, -0.25) is 0 Å². The van der Waals surface area contributed by atoms with Crippen LogP contribution in [0.2, 0.25) is 0 Å². The Morgan fingerprint density at radius 2 is 1.09 bits per heavy atom. The first kappa shape index (κ1) is 31.5. The largest absolute Gasteiger partial charge is 0.366 e. The molecular weight excluding hydrogens is 556 g/mol. The van der Waals surface area contributed by atoms with Gasteiger partial charge in [-0.25, -0.2) is 4.99 Å². The maximum absolute atomic E-state index is 5.88. The number of hydrogen-bond donors (Lipinski definition) is 1. The lowest BCUT2D eigenvalue weighted by molar-refractivity contribution is 0.805. The molecule has 5 aromatic carbocycles. The fourth-order valence-corrected chi connectivity index (χ4v) is 7.32. The van der Waals surface area contributed by atoms with Gasteiger partial charge in [0.25, 0.3) is 0 Å². The van der Waals surface area contributed by atoms with Crippen LogP contribution in [0.25, 0.3) is 16.3 Å². The SMILES string of the molecule is C=C(c1ccccc1)C1(Nc2c(C(C)C)cccc2C(C)C)C(=Nc2c(C(C)C)cccc2C(C)C)c2cccc3cccc1c23. The summed E-state index contributed by atoms with van der Waals surface area (Å²) in [6.07, 6.45) is 0. The monoisotopic (exact) mass is 604 g/mol. The van der Waals surface area contributed by atoms with Crippen molar-refractivity contribution in [2.45, 2.75) is 84.6 Å². The van der Waals surface area contributed by atoms with Crippen molar-refractivity contribution in [2.24, 2.45) is 4.99 Å². The van der Waals surface area contributed by atoms with E-state index in [4.69, 9.17) is 11.6 Å². The van der Waals surface area contributed by atoms with Gasteiger partial charge >= 0.3 is 0 Å². The molecular formula is C44H48N2. The van der Waals surface area contributed by atoms with Gasteiger partial charge in [0.05, 0.1) is 11.4 Å². The maximum Gasteiger partial charge on any atom is 0.132 e. The number of nitrogens with one attached hydrogen (secondary N) is 1. The Morgan fingerprint density at radius 1 is 0.587 bits per heavy atom. The normalized spacial score (nSPS) is 16.8. The van der Waals surface area contributed by atoms with Crippen molar-refractivity contribution in [3.63, 3.8) is 0 Å². The number of aliphatic imine (C=N–C) groups is 1. The summed E-state index contributed by atoms with van der Waals surface area (Å²) < 4.78 is 0. The van der Waals surface area contributed by atoms with E-state index in [1.54, 1.807) is 0 Å². The summed E-state index contributed by atoms with van der Waals surface area (Å²) in [4.78, 5) is 5.88. The van der Waals surface area contributed by atoms with Crippen LogP contribution in [0.5, 0.6) is 0 Å². The molecule has 2 nitrogen and oxygen atoms in total. The lowest BCUT2D eigenvalue weighted by Crippen LogP contribution is -2.42. The molecule has 5 aromatic rings. The van der Waals surface area contributed by atoms with Crippen molar-refractivity contribution in [3.8, 4) is 0 Å². The van der Waals surface area contributed by atoms with Crippen LogP contribution in [0.4, 0.5) is 11.4 Å². The molecule has 0 aliphatic heterocycles.